The minimum absolute atomic E-state index is 0.447. The van der Waals surface area contributed by atoms with E-state index in [-0.39, 0.29) is 0 Å². The van der Waals surface area contributed by atoms with Crippen molar-refractivity contribution in [1.82, 2.24) is 9.55 Å². The van der Waals surface area contributed by atoms with E-state index in [9.17, 15) is 0 Å². The molecule has 3 nitrogen and oxygen atoms in total. The lowest BCUT2D eigenvalue weighted by atomic mass is 10.2. The Morgan fingerprint density at radius 1 is 1.54 bits per heavy atom. The molecule has 0 radical (unpaired) electrons. The Kier molecular flexibility index (Phi) is 3.75. The molecule has 0 atom stereocenters. The average Bonchev–Trinajstić information content (AvgIpc) is 2.41. The lowest BCUT2D eigenvalue weighted by molar-refractivity contribution is 0.775. The summed E-state index contributed by atoms with van der Waals surface area (Å²) in [6, 6.07) is 0. The summed E-state index contributed by atoms with van der Waals surface area (Å²) in [5.41, 5.74) is 6.50. The maximum atomic E-state index is 6.07. The fraction of sp³-hybridized carbons (Fsp3) is 0.667. The summed E-state index contributed by atoms with van der Waals surface area (Å²) in [4.78, 5) is 4.37. The number of hydrogen-bond donors (Lipinski definition) is 1. The highest BCUT2D eigenvalue weighted by Gasteiger charge is 2.10. The molecule has 0 aliphatic carbocycles. The maximum Gasteiger partial charge on any atom is 0.131 e. The third-order valence-corrected chi connectivity index (χ3v) is 2.61. The summed E-state index contributed by atoms with van der Waals surface area (Å²) in [5.74, 6) is 0.858. The van der Waals surface area contributed by atoms with Crippen LogP contribution in [0.15, 0.2) is 0 Å². The number of rotatable bonds is 4. The van der Waals surface area contributed by atoms with Crippen molar-refractivity contribution in [3.63, 3.8) is 0 Å². The van der Waals surface area contributed by atoms with Crippen molar-refractivity contribution in [3.05, 3.63) is 16.7 Å². The van der Waals surface area contributed by atoms with Crippen molar-refractivity contribution in [2.24, 2.45) is 12.8 Å². The molecular formula is C9H16ClN3. The fourth-order valence-electron chi connectivity index (χ4n) is 1.27. The van der Waals surface area contributed by atoms with Crippen molar-refractivity contribution < 1.29 is 0 Å². The van der Waals surface area contributed by atoms with Crippen LogP contribution in [-0.4, -0.2) is 9.55 Å². The van der Waals surface area contributed by atoms with Crippen LogP contribution in [0.3, 0.4) is 0 Å². The van der Waals surface area contributed by atoms with Crippen LogP contribution in [0.2, 0.25) is 5.15 Å². The zero-order chi connectivity index (χ0) is 9.84. The Morgan fingerprint density at radius 2 is 2.23 bits per heavy atom. The molecule has 1 heterocycles. The van der Waals surface area contributed by atoms with Gasteiger partial charge >= 0.3 is 0 Å². The van der Waals surface area contributed by atoms with Gasteiger partial charge in [0.25, 0.3) is 0 Å². The van der Waals surface area contributed by atoms with Crippen LogP contribution < -0.4 is 5.73 Å². The molecule has 0 saturated heterocycles. The van der Waals surface area contributed by atoms with E-state index in [0.29, 0.717) is 6.54 Å². The van der Waals surface area contributed by atoms with E-state index in [4.69, 9.17) is 17.3 Å². The van der Waals surface area contributed by atoms with Crippen LogP contribution in [0, 0.1) is 0 Å². The van der Waals surface area contributed by atoms with E-state index in [2.05, 4.69) is 11.9 Å². The lowest BCUT2D eigenvalue weighted by Gasteiger charge is -1.97. The molecule has 0 aromatic carbocycles. The smallest absolute Gasteiger partial charge is 0.131 e. The van der Waals surface area contributed by atoms with E-state index in [0.717, 1.165) is 35.9 Å². The summed E-state index contributed by atoms with van der Waals surface area (Å²) >= 11 is 6.07. The maximum absolute atomic E-state index is 6.07. The van der Waals surface area contributed by atoms with Gasteiger partial charge in [0.2, 0.25) is 0 Å². The van der Waals surface area contributed by atoms with Gasteiger partial charge in [-0.05, 0) is 12.8 Å². The number of nitrogens with two attached hydrogens (primary N) is 1. The number of imidazole rings is 1. The Hall–Kier alpha value is -0.540. The highest BCUT2D eigenvalue weighted by atomic mass is 35.5. The molecule has 0 fully saturated rings. The molecule has 0 saturated carbocycles. The quantitative estimate of drug-likeness (QED) is 0.809. The van der Waals surface area contributed by atoms with Gasteiger partial charge in [0.15, 0.2) is 0 Å². The SMILES string of the molecule is CCCCc1nc(CN)n(C)c1Cl. The van der Waals surface area contributed by atoms with Gasteiger partial charge in [0, 0.05) is 7.05 Å². The van der Waals surface area contributed by atoms with Gasteiger partial charge in [-0.1, -0.05) is 24.9 Å². The van der Waals surface area contributed by atoms with Crippen molar-refractivity contribution in [3.8, 4) is 0 Å². The van der Waals surface area contributed by atoms with E-state index in [1.165, 1.54) is 0 Å². The van der Waals surface area contributed by atoms with E-state index < -0.39 is 0 Å². The molecule has 0 aliphatic heterocycles. The van der Waals surface area contributed by atoms with E-state index in [1.54, 1.807) is 0 Å². The van der Waals surface area contributed by atoms with Crippen LogP contribution in [-0.2, 0) is 20.0 Å². The topological polar surface area (TPSA) is 43.8 Å². The molecule has 13 heavy (non-hydrogen) atoms. The lowest BCUT2D eigenvalue weighted by Crippen LogP contribution is -2.04. The third-order valence-electron chi connectivity index (χ3n) is 2.13. The third kappa shape index (κ3) is 2.23. The number of hydrogen-bond acceptors (Lipinski definition) is 2. The number of nitrogens with zero attached hydrogens (tertiary/aromatic N) is 2. The van der Waals surface area contributed by atoms with Gasteiger partial charge in [-0.3, -0.25) is 0 Å². The molecule has 1 aromatic heterocycles. The minimum Gasteiger partial charge on any atom is -0.324 e. The van der Waals surface area contributed by atoms with Crippen LogP contribution in [0.4, 0.5) is 0 Å². The normalized spacial score (nSPS) is 10.8. The van der Waals surface area contributed by atoms with Crippen molar-refractivity contribution in [2.75, 3.05) is 0 Å². The van der Waals surface area contributed by atoms with Gasteiger partial charge in [0.1, 0.15) is 11.0 Å². The first-order valence-electron chi connectivity index (χ1n) is 4.60. The summed E-state index contributed by atoms with van der Waals surface area (Å²) in [6.07, 6.45) is 3.23. The van der Waals surface area contributed by atoms with E-state index in [1.807, 2.05) is 11.6 Å². The largest absolute Gasteiger partial charge is 0.324 e. The van der Waals surface area contributed by atoms with Gasteiger partial charge in [0.05, 0.1) is 12.2 Å². The second-order valence-electron chi connectivity index (χ2n) is 3.13. The van der Waals surface area contributed by atoms with Crippen LogP contribution in [0.5, 0.6) is 0 Å². The zero-order valence-corrected chi connectivity index (χ0v) is 8.93. The first-order chi connectivity index (χ1) is 6.20. The second kappa shape index (κ2) is 4.63. The molecule has 2 N–H and O–H groups in total. The molecular weight excluding hydrogens is 186 g/mol. The standard InChI is InChI=1S/C9H16ClN3/c1-3-4-5-7-9(10)13(2)8(6-11)12-7/h3-6,11H2,1-2H3. The molecule has 0 spiro atoms. The molecule has 0 amide bonds. The number of halogens is 1. The number of aromatic nitrogens is 2. The summed E-state index contributed by atoms with van der Waals surface area (Å²) in [5, 5.41) is 0.730. The zero-order valence-electron chi connectivity index (χ0n) is 8.18. The molecule has 0 bridgehead atoms. The van der Waals surface area contributed by atoms with Gasteiger partial charge in [-0.25, -0.2) is 4.98 Å². The predicted octanol–water partition coefficient (Wildman–Crippen LogP) is 1.87. The molecule has 4 heteroatoms. The van der Waals surface area contributed by atoms with Gasteiger partial charge in [-0.2, -0.15) is 0 Å². The minimum atomic E-state index is 0.447. The monoisotopic (exact) mass is 201 g/mol. The summed E-state index contributed by atoms with van der Waals surface area (Å²) in [6.45, 7) is 2.60. The Bertz CT molecular complexity index is 281. The molecule has 0 unspecified atom stereocenters. The number of unbranched alkanes of at least 4 members (excludes halogenated alkanes) is 1. The Balaban J connectivity index is 2.82. The summed E-state index contributed by atoms with van der Waals surface area (Å²) in [7, 11) is 1.90. The molecule has 74 valence electrons. The second-order valence-corrected chi connectivity index (χ2v) is 3.49. The van der Waals surface area contributed by atoms with Crippen molar-refractivity contribution in [1.29, 1.82) is 0 Å². The molecule has 1 aromatic rings. The Morgan fingerprint density at radius 3 is 2.69 bits per heavy atom. The van der Waals surface area contributed by atoms with Crippen LogP contribution in [0.25, 0.3) is 0 Å². The van der Waals surface area contributed by atoms with E-state index >= 15 is 0 Å². The molecule has 1 rings (SSSR count). The first kappa shape index (κ1) is 10.5. The summed E-state index contributed by atoms with van der Waals surface area (Å²) < 4.78 is 1.85. The molecule has 0 aliphatic rings. The van der Waals surface area contributed by atoms with Crippen molar-refractivity contribution in [2.45, 2.75) is 32.7 Å². The van der Waals surface area contributed by atoms with Crippen LogP contribution in [0.1, 0.15) is 31.3 Å². The predicted molar refractivity (Wildman–Crippen MR) is 54.7 cm³/mol. The number of aryl methyl sites for hydroxylation is 1. The Labute approximate surface area is 83.9 Å². The van der Waals surface area contributed by atoms with Crippen LogP contribution >= 0.6 is 11.6 Å². The van der Waals surface area contributed by atoms with Gasteiger partial charge < -0.3 is 10.3 Å². The first-order valence-corrected chi connectivity index (χ1v) is 4.98. The highest BCUT2D eigenvalue weighted by molar-refractivity contribution is 6.30. The fourth-order valence-corrected chi connectivity index (χ4v) is 1.50. The van der Waals surface area contributed by atoms with Crippen molar-refractivity contribution >= 4 is 11.6 Å². The average molecular weight is 202 g/mol. The van der Waals surface area contributed by atoms with Gasteiger partial charge in [-0.15, -0.1) is 0 Å². The highest BCUT2D eigenvalue weighted by Crippen LogP contribution is 2.18.